The first-order valence-corrected chi connectivity index (χ1v) is 11.2. The van der Waals surface area contributed by atoms with E-state index in [1.807, 2.05) is 47.5 Å². The molecule has 0 saturated carbocycles. The molecule has 2 aromatic heterocycles. The lowest BCUT2D eigenvalue weighted by atomic mass is 10.0. The van der Waals surface area contributed by atoms with Crippen LogP contribution in [0.1, 0.15) is 40.5 Å². The molecular formula is C25H27N5O2. The number of aromatic nitrogens is 3. The lowest BCUT2D eigenvalue weighted by Crippen LogP contribution is -2.36. The van der Waals surface area contributed by atoms with Gasteiger partial charge in [-0.25, -0.2) is 4.98 Å². The van der Waals surface area contributed by atoms with Crippen molar-refractivity contribution in [3.63, 3.8) is 0 Å². The Morgan fingerprint density at radius 3 is 2.75 bits per heavy atom. The molecule has 7 nitrogen and oxygen atoms in total. The van der Waals surface area contributed by atoms with Crippen molar-refractivity contribution in [3.8, 4) is 0 Å². The number of fused-ring (bicyclic) bond motifs is 1. The van der Waals surface area contributed by atoms with Crippen LogP contribution in [0.4, 0.5) is 0 Å². The Kier molecular flexibility index (Phi) is 5.81. The van der Waals surface area contributed by atoms with Gasteiger partial charge in [0.15, 0.2) is 0 Å². The molecular weight excluding hydrogens is 402 g/mol. The second-order valence-corrected chi connectivity index (χ2v) is 8.69. The average Bonchev–Trinajstić information content (AvgIpc) is 3.31. The van der Waals surface area contributed by atoms with Crippen LogP contribution >= 0.6 is 0 Å². The van der Waals surface area contributed by atoms with Crippen LogP contribution in [-0.2, 0) is 30.7 Å². The summed E-state index contributed by atoms with van der Waals surface area (Å²) in [6.07, 6.45) is 5.64. The minimum absolute atomic E-state index is 0.0463. The number of carbonyl (C=O) groups excluding carboxylic acids is 1. The van der Waals surface area contributed by atoms with E-state index in [9.17, 15) is 9.59 Å². The number of hydrogen-bond donors (Lipinski definition) is 1. The Bertz CT molecular complexity index is 1150. The van der Waals surface area contributed by atoms with E-state index in [2.05, 4.69) is 20.9 Å². The molecule has 3 aromatic rings. The molecule has 1 atom stereocenters. The number of carbonyl (C=O) groups is 1. The second-order valence-electron chi connectivity index (χ2n) is 8.69. The summed E-state index contributed by atoms with van der Waals surface area (Å²) in [6.45, 7) is 3.55. The maximum Gasteiger partial charge on any atom is 0.255 e. The number of pyridine rings is 1. The van der Waals surface area contributed by atoms with Gasteiger partial charge in [-0.3, -0.25) is 19.5 Å². The van der Waals surface area contributed by atoms with E-state index in [-0.39, 0.29) is 17.4 Å². The fraction of sp³-hybridized carbons (Fsp3) is 0.360. The molecule has 2 aliphatic heterocycles. The lowest BCUT2D eigenvalue weighted by molar-refractivity contribution is -0.129. The number of benzene rings is 1. The molecule has 0 aliphatic carbocycles. The van der Waals surface area contributed by atoms with E-state index in [0.29, 0.717) is 26.1 Å². The van der Waals surface area contributed by atoms with Crippen LogP contribution in [0.25, 0.3) is 0 Å². The number of nitrogens with one attached hydrogen (secondary N) is 1. The fourth-order valence-corrected chi connectivity index (χ4v) is 4.67. The molecule has 1 saturated heterocycles. The van der Waals surface area contributed by atoms with Crippen molar-refractivity contribution in [1.82, 2.24) is 24.8 Å². The van der Waals surface area contributed by atoms with Gasteiger partial charge >= 0.3 is 0 Å². The van der Waals surface area contributed by atoms with Crippen molar-refractivity contribution < 1.29 is 4.79 Å². The van der Waals surface area contributed by atoms with Crippen LogP contribution in [0.2, 0.25) is 0 Å². The van der Waals surface area contributed by atoms with Crippen LogP contribution < -0.4 is 5.56 Å². The highest BCUT2D eigenvalue weighted by Gasteiger charge is 2.30. The second kappa shape index (κ2) is 9.04. The molecule has 0 radical (unpaired) electrons. The third-order valence-corrected chi connectivity index (χ3v) is 6.42. The van der Waals surface area contributed by atoms with Crippen LogP contribution in [0, 0.1) is 0 Å². The smallest absolute Gasteiger partial charge is 0.255 e. The van der Waals surface area contributed by atoms with Gasteiger partial charge in [0.1, 0.15) is 5.82 Å². The maximum atomic E-state index is 12.9. The van der Waals surface area contributed by atoms with Crippen molar-refractivity contribution in [2.75, 3.05) is 19.6 Å². The minimum Gasteiger partial charge on any atom is -0.342 e. The van der Waals surface area contributed by atoms with Gasteiger partial charge in [0, 0.05) is 57.5 Å². The van der Waals surface area contributed by atoms with E-state index in [1.54, 1.807) is 6.20 Å². The predicted octanol–water partition coefficient (Wildman–Crippen LogP) is 2.28. The molecule has 164 valence electrons. The third-order valence-electron chi connectivity index (χ3n) is 6.42. The van der Waals surface area contributed by atoms with Crippen LogP contribution in [0.3, 0.4) is 0 Å². The lowest BCUT2D eigenvalue weighted by Gasteiger charge is -2.28. The third kappa shape index (κ3) is 4.48. The van der Waals surface area contributed by atoms with Gasteiger partial charge in [-0.1, -0.05) is 36.4 Å². The quantitative estimate of drug-likeness (QED) is 0.673. The van der Waals surface area contributed by atoms with Crippen LogP contribution in [0.15, 0.2) is 59.7 Å². The number of rotatable bonds is 5. The fourth-order valence-electron chi connectivity index (χ4n) is 4.67. The molecule has 4 heterocycles. The molecule has 7 heteroatoms. The summed E-state index contributed by atoms with van der Waals surface area (Å²) in [5, 5.41) is 0. The predicted molar refractivity (Wildman–Crippen MR) is 121 cm³/mol. The largest absolute Gasteiger partial charge is 0.342 e. The normalized spacial score (nSPS) is 18.5. The molecule has 1 fully saturated rings. The first-order valence-electron chi connectivity index (χ1n) is 11.2. The van der Waals surface area contributed by atoms with Gasteiger partial charge in [-0.2, -0.15) is 0 Å². The highest BCUT2D eigenvalue weighted by atomic mass is 16.2. The highest BCUT2D eigenvalue weighted by molar-refractivity contribution is 5.79. The number of H-pyrrole nitrogens is 1. The first-order chi connectivity index (χ1) is 15.7. The number of hydrogen-bond acceptors (Lipinski definition) is 5. The van der Waals surface area contributed by atoms with Gasteiger partial charge in [0.25, 0.3) is 5.56 Å². The van der Waals surface area contributed by atoms with E-state index >= 15 is 0 Å². The Morgan fingerprint density at radius 2 is 1.94 bits per heavy atom. The summed E-state index contributed by atoms with van der Waals surface area (Å²) in [6, 6.07) is 13.8. The maximum absolute atomic E-state index is 12.9. The zero-order valence-corrected chi connectivity index (χ0v) is 18.0. The topological polar surface area (TPSA) is 82.2 Å². The van der Waals surface area contributed by atoms with E-state index in [1.165, 1.54) is 0 Å². The summed E-state index contributed by atoms with van der Waals surface area (Å²) in [5.41, 5.74) is 3.79. The van der Waals surface area contributed by atoms with Gasteiger partial charge < -0.3 is 9.88 Å². The highest BCUT2D eigenvalue weighted by Crippen LogP contribution is 2.26. The molecule has 0 bridgehead atoms. The number of amides is 1. The number of likely N-dealkylation sites (tertiary alicyclic amines) is 1. The SMILES string of the molecule is O=C(Cc1ccccc1)N1CC[C@@H](c2nc3c(c(=O)[nH]2)CN(Cc2cccnc2)CC3)C1. The number of nitrogens with zero attached hydrogens (tertiary/aromatic N) is 4. The standard InChI is InChI=1S/C25H27N5O2/c31-23(13-18-5-2-1-3-6-18)30-12-8-20(16-30)24-27-22-9-11-29(17-21(22)25(32)28-24)15-19-7-4-10-26-14-19/h1-7,10,14,20H,8-9,11-13,15-17H2,(H,27,28,32)/t20-/m1/s1. The molecule has 1 amide bonds. The summed E-state index contributed by atoms with van der Waals surface area (Å²) in [4.78, 5) is 41.8. The zero-order chi connectivity index (χ0) is 21.9. The van der Waals surface area contributed by atoms with Crippen molar-refractivity contribution in [1.29, 1.82) is 0 Å². The van der Waals surface area contributed by atoms with Crippen molar-refractivity contribution in [3.05, 3.63) is 93.4 Å². The molecule has 1 N–H and O–H groups in total. The van der Waals surface area contributed by atoms with Crippen LogP contribution in [0.5, 0.6) is 0 Å². The van der Waals surface area contributed by atoms with Crippen molar-refractivity contribution >= 4 is 5.91 Å². The monoisotopic (exact) mass is 429 g/mol. The Labute approximate surface area is 187 Å². The first kappa shape index (κ1) is 20.6. The molecule has 32 heavy (non-hydrogen) atoms. The van der Waals surface area contributed by atoms with Crippen LogP contribution in [-0.4, -0.2) is 50.3 Å². The molecule has 5 rings (SSSR count). The summed E-state index contributed by atoms with van der Waals surface area (Å²) >= 11 is 0. The van der Waals surface area contributed by atoms with Crippen molar-refractivity contribution in [2.24, 2.45) is 0 Å². The summed E-state index contributed by atoms with van der Waals surface area (Å²) < 4.78 is 0. The molecule has 1 aromatic carbocycles. The Hall–Kier alpha value is -3.32. The van der Waals surface area contributed by atoms with Gasteiger partial charge in [-0.05, 0) is 23.6 Å². The van der Waals surface area contributed by atoms with Crippen molar-refractivity contribution in [2.45, 2.75) is 38.3 Å². The Morgan fingerprint density at radius 1 is 1.09 bits per heavy atom. The molecule has 2 aliphatic rings. The van der Waals surface area contributed by atoms with Gasteiger partial charge in [-0.15, -0.1) is 0 Å². The summed E-state index contributed by atoms with van der Waals surface area (Å²) in [7, 11) is 0. The number of aromatic amines is 1. The van der Waals surface area contributed by atoms with E-state index in [4.69, 9.17) is 4.98 Å². The van der Waals surface area contributed by atoms with Gasteiger partial charge in [0.2, 0.25) is 5.91 Å². The summed E-state index contributed by atoms with van der Waals surface area (Å²) in [5.74, 6) is 0.940. The average molecular weight is 430 g/mol. The van der Waals surface area contributed by atoms with E-state index in [0.717, 1.165) is 54.1 Å². The minimum atomic E-state index is -0.0463. The zero-order valence-electron chi connectivity index (χ0n) is 18.0. The van der Waals surface area contributed by atoms with Gasteiger partial charge in [0.05, 0.1) is 17.7 Å². The Balaban J connectivity index is 1.25. The molecule has 0 unspecified atom stereocenters. The van der Waals surface area contributed by atoms with E-state index < -0.39 is 0 Å². The molecule has 0 spiro atoms.